The molecule has 2 aromatic heterocycles. The minimum Gasteiger partial charge on any atom is -0.380 e. The maximum absolute atomic E-state index is 14.9. The third-order valence-corrected chi connectivity index (χ3v) is 6.72. The number of hydrogen-bond acceptors (Lipinski definition) is 7. The van der Waals surface area contributed by atoms with Crippen molar-refractivity contribution in [3.05, 3.63) is 34.9 Å². The molecule has 0 saturated carbocycles. The highest BCUT2D eigenvalue weighted by Gasteiger charge is 2.32. The molecule has 3 atom stereocenters. The molecule has 8 heteroatoms. The molecular weight excluding hydrogens is 409 g/mol. The predicted octanol–water partition coefficient (Wildman–Crippen LogP) is 4.08. The van der Waals surface area contributed by atoms with Crippen LogP contribution in [0.2, 0.25) is 0 Å². The van der Waals surface area contributed by atoms with Crippen LogP contribution >= 0.6 is 0 Å². The van der Waals surface area contributed by atoms with Crippen LogP contribution in [0.3, 0.4) is 0 Å². The quantitative estimate of drug-likeness (QED) is 0.656. The molecule has 0 bridgehead atoms. The highest BCUT2D eigenvalue weighted by atomic mass is 19.1. The lowest BCUT2D eigenvalue weighted by molar-refractivity contribution is 0.185. The van der Waals surface area contributed by atoms with E-state index in [0.717, 1.165) is 66.9 Å². The second-order valence-corrected chi connectivity index (χ2v) is 9.22. The van der Waals surface area contributed by atoms with Gasteiger partial charge in [-0.25, -0.2) is 9.37 Å². The first-order valence-corrected chi connectivity index (χ1v) is 11.4. The smallest absolute Gasteiger partial charge is 0.261 e. The zero-order valence-corrected chi connectivity index (χ0v) is 19.1. The molecule has 7 nitrogen and oxygen atoms in total. The number of ether oxygens (including phenoxy) is 1. The number of nitrogens with zero attached hydrogens (tertiary/aromatic N) is 4. The monoisotopic (exact) mass is 439 g/mol. The van der Waals surface area contributed by atoms with Gasteiger partial charge < -0.3 is 19.5 Å². The van der Waals surface area contributed by atoms with Crippen LogP contribution in [0.15, 0.2) is 16.7 Å². The summed E-state index contributed by atoms with van der Waals surface area (Å²) in [6.07, 6.45) is 3.03. The number of benzene rings is 1. The first kappa shape index (κ1) is 21.3. The molecule has 170 valence electrons. The Hall–Kier alpha value is -2.58. The normalized spacial score (nSPS) is 23.9. The van der Waals surface area contributed by atoms with E-state index in [1.54, 1.807) is 13.0 Å². The van der Waals surface area contributed by atoms with Gasteiger partial charge in [-0.15, -0.1) is 0 Å². The fraction of sp³-hybridized carbons (Fsp3) is 0.542. The Bertz CT molecular complexity index is 1140. The summed E-state index contributed by atoms with van der Waals surface area (Å²) < 4.78 is 26.0. The lowest BCUT2D eigenvalue weighted by Gasteiger charge is -2.40. The van der Waals surface area contributed by atoms with Gasteiger partial charge in [0.25, 0.3) is 5.89 Å². The fourth-order valence-corrected chi connectivity index (χ4v) is 5.10. The molecule has 3 aromatic rings. The summed E-state index contributed by atoms with van der Waals surface area (Å²) in [5.74, 6) is 1.41. The second-order valence-electron chi connectivity index (χ2n) is 9.22. The minimum absolute atomic E-state index is 0.226. The predicted molar refractivity (Wildman–Crippen MR) is 121 cm³/mol. The van der Waals surface area contributed by atoms with E-state index in [4.69, 9.17) is 14.2 Å². The number of rotatable bonds is 4. The number of aromatic nitrogens is 3. The SMILES string of the molecule is Cc1cc(F)c2nc(N3CC[C@@H](NC4CCOC4)C[C@@H]3C)c(-c3nc(C)no3)c(C)c2c1. The van der Waals surface area contributed by atoms with Crippen LogP contribution in [0.25, 0.3) is 22.4 Å². The number of halogens is 1. The first-order chi connectivity index (χ1) is 15.4. The summed E-state index contributed by atoms with van der Waals surface area (Å²) in [6.45, 7) is 10.3. The standard InChI is InChI=1S/C24H30FN5O2/c1-13-9-19-15(3)21(24-26-16(4)29-32-24)23(28-22(19)20(25)10-13)30-7-5-17(11-14(30)2)27-18-6-8-31-12-18/h9-10,14,17-18,27H,5-8,11-12H2,1-4H3/t14-,17+,18?/m0/s1. The van der Waals surface area contributed by atoms with Crippen LogP contribution < -0.4 is 10.2 Å². The van der Waals surface area contributed by atoms with E-state index in [0.29, 0.717) is 29.3 Å². The van der Waals surface area contributed by atoms with Gasteiger partial charge >= 0.3 is 0 Å². The Morgan fingerprint density at radius 1 is 1.12 bits per heavy atom. The molecular formula is C24H30FN5O2. The van der Waals surface area contributed by atoms with Gasteiger partial charge in [0, 0.05) is 36.7 Å². The maximum Gasteiger partial charge on any atom is 0.261 e. The van der Waals surface area contributed by atoms with E-state index in [1.807, 2.05) is 19.9 Å². The van der Waals surface area contributed by atoms with Crippen molar-refractivity contribution < 1.29 is 13.7 Å². The number of nitrogens with one attached hydrogen (secondary N) is 1. The van der Waals surface area contributed by atoms with Gasteiger partial charge in [0.2, 0.25) is 0 Å². The van der Waals surface area contributed by atoms with Gasteiger partial charge in [-0.3, -0.25) is 0 Å². The maximum atomic E-state index is 14.9. The summed E-state index contributed by atoms with van der Waals surface area (Å²) >= 11 is 0. The molecule has 0 radical (unpaired) electrons. The average molecular weight is 440 g/mol. The lowest BCUT2D eigenvalue weighted by atomic mass is 9.95. The zero-order valence-electron chi connectivity index (χ0n) is 19.1. The van der Waals surface area contributed by atoms with Crippen molar-refractivity contribution in [2.24, 2.45) is 0 Å². The molecule has 0 amide bonds. The largest absolute Gasteiger partial charge is 0.380 e. The van der Waals surface area contributed by atoms with Gasteiger partial charge in [-0.1, -0.05) is 5.16 Å². The summed E-state index contributed by atoms with van der Waals surface area (Å²) in [5, 5.41) is 8.53. The molecule has 5 rings (SSSR count). The van der Waals surface area contributed by atoms with Crippen molar-refractivity contribution in [3.8, 4) is 11.5 Å². The molecule has 1 N–H and O–H groups in total. The zero-order chi connectivity index (χ0) is 22.4. The summed E-state index contributed by atoms with van der Waals surface area (Å²) in [6, 6.07) is 4.61. The summed E-state index contributed by atoms with van der Waals surface area (Å²) in [7, 11) is 0. The van der Waals surface area contributed by atoms with Crippen LogP contribution in [-0.4, -0.2) is 53.0 Å². The third-order valence-electron chi connectivity index (χ3n) is 6.72. The fourth-order valence-electron chi connectivity index (χ4n) is 5.10. The molecule has 32 heavy (non-hydrogen) atoms. The van der Waals surface area contributed by atoms with E-state index < -0.39 is 0 Å². The van der Waals surface area contributed by atoms with Gasteiger partial charge in [0.1, 0.15) is 17.2 Å². The van der Waals surface area contributed by atoms with Crippen molar-refractivity contribution in [1.82, 2.24) is 20.4 Å². The highest BCUT2D eigenvalue weighted by molar-refractivity contribution is 5.93. The summed E-state index contributed by atoms with van der Waals surface area (Å²) in [5.41, 5.74) is 2.95. The lowest BCUT2D eigenvalue weighted by Crippen LogP contribution is -2.50. The van der Waals surface area contributed by atoms with E-state index in [-0.39, 0.29) is 11.9 Å². The van der Waals surface area contributed by atoms with Crippen LogP contribution in [-0.2, 0) is 4.74 Å². The molecule has 2 fully saturated rings. The number of pyridine rings is 1. The van der Waals surface area contributed by atoms with Crippen molar-refractivity contribution in [2.45, 2.75) is 65.1 Å². The Kier molecular flexibility index (Phi) is 5.59. The molecule has 2 aliphatic rings. The van der Waals surface area contributed by atoms with Crippen molar-refractivity contribution in [1.29, 1.82) is 0 Å². The average Bonchev–Trinajstić information content (AvgIpc) is 3.40. The van der Waals surface area contributed by atoms with E-state index in [2.05, 4.69) is 27.3 Å². The van der Waals surface area contributed by atoms with Crippen LogP contribution in [0.4, 0.5) is 10.2 Å². The number of aryl methyl sites for hydroxylation is 3. The third kappa shape index (κ3) is 3.86. The minimum atomic E-state index is -0.303. The van der Waals surface area contributed by atoms with Crippen molar-refractivity contribution in [3.63, 3.8) is 0 Å². The van der Waals surface area contributed by atoms with E-state index in [1.165, 1.54) is 0 Å². The number of anilines is 1. The topological polar surface area (TPSA) is 76.3 Å². The van der Waals surface area contributed by atoms with Gasteiger partial charge in [0.15, 0.2) is 5.82 Å². The Morgan fingerprint density at radius 3 is 2.66 bits per heavy atom. The Morgan fingerprint density at radius 2 is 1.97 bits per heavy atom. The number of hydrogen-bond donors (Lipinski definition) is 1. The van der Waals surface area contributed by atoms with Crippen LogP contribution in [0.5, 0.6) is 0 Å². The van der Waals surface area contributed by atoms with Gasteiger partial charge in [0.05, 0.1) is 12.2 Å². The molecule has 2 aliphatic heterocycles. The van der Waals surface area contributed by atoms with Gasteiger partial charge in [-0.05, 0) is 70.2 Å². The Labute approximate surface area is 187 Å². The highest BCUT2D eigenvalue weighted by Crippen LogP contribution is 2.39. The first-order valence-electron chi connectivity index (χ1n) is 11.4. The van der Waals surface area contributed by atoms with Crippen LogP contribution in [0, 0.1) is 26.6 Å². The Balaban J connectivity index is 1.55. The second kappa shape index (κ2) is 8.41. The molecule has 1 unspecified atom stereocenters. The number of piperidine rings is 1. The molecule has 1 aromatic carbocycles. The van der Waals surface area contributed by atoms with Gasteiger partial charge in [-0.2, -0.15) is 4.98 Å². The molecule has 4 heterocycles. The molecule has 2 saturated heterocycles. The van der Waals surface area contributed by atoms with E-state index in [9.17, 15) is 4.39 Å². The van der Waals surface area contributed by atoms with E-state index >= 15 is 0 Å². The van der Waals surface area contributed by atoms with Crippen molar-refractivity contribution in [2.75, 3.05) is 24.7 Å². The number of fused-ring (bicyclic) bond motifs is 1. The summed E-state index contributed by atoms with van der Waals surface area (Å²) in [4.78, 5) is 11.6. The van der Waals surface area contributed by atoms with Crippen LogP contribution in [0.1, 0.15) is 43.1 Å². The molecule has 0 aliphatic carbocycles. The van der Waals surface area contributed by atoms with Crippen molar-refractivity contribution >= 4 is 16.7 Å². The molecule has 0 spiro atoms.